The first-order valence-electron chi connectivity index (χ1n) is 28.7. The average molecular weight is 960 g/mol. The lowest BCUT2D eigenvalue weighted by molar-refractivity contribution is -0.167. The van der Waals surface area contributed by atoms with Crippen molar-refractivity contribution in [3.05, 3.63) is 97.2 Å². The van der Waals surface area contributed by atoms with Gasteiger partial charge in [-0.05, 0) is 122 Å². The van der Waals surface area contributed by atoms with Crippen LogP contribution < -0.4 is 0 Å². The summed E-state index contributed by atoms with van der Waals surface area (Å²) in [5.74, 6) is -0.936. The maximum Gasteiger partial charge on any atom is 0.306 e. The molecule has 69 heavy (non-hydrogen) atoms. The molecule has 0 amide bonds. The van der Waals surface area contributed by atoms with Gasteiger partial charge in [0.25, 0.3) is 0 Å². The van der Waals surface area contributed by atoms with Crippen LogP contribution >= 0.6 is 0 Å². The zero-order valence-corrected chi connectivity index (χ0v) is 45.0. The van der Waals surface area contributed by atoms with Crippen molar-refractivity contribution in [2.45, 2.75) is 271 Å². The summed E-state index contributed by atoms with van der Waals surface area (Å²) in [6, 6.07) is 0. The molecule has 6 nitrogen and oxygen atoms in total. The minimum atomic E-state index is -0.799. The summed E-state index contributed by atoms with van der Waals surface area (Å²) in [6.07, 6.45) is 75.3. The molecule has 0 aliphatic heterocycles. The van der Waals surface area contributed by atoms with Gasteiger partial charge in [0.15, 0.2) is 6.10 Å². The molecule has 0 bridgehead atoms. The van der Waals surface area contributed by atoms with E-state index in [0.717, 1.165) is 109 Å². The minimum Gasteiger partial charge on any atom is -0.462 e. The predicted molar refractivity (Wildman–Crippen MR) is 297 cm³/mol. The molecule has 0 N–H and O–H groups in total. The largest absolute Gasteiger partial charge is 0.462 e. The molecule has 1 unspecified atom stereocenters. The molecule has 0 saturated heterocycles. The monoisotopic (exact) mass is 959 g/mol. The molecule has 394 valence electrons. The molecule has 0 aromatic carbocycles. The van der Waals surface area contributed by atoms with Gasteiger partial charge in [-0.2, -0.15) is 0 Å². The van der Waals surface area contributed by atoms with E-state index in [1.807, 2.05) is 0 Å². The second kappa shape index (κ2) is 56.9. The second-order valence-electron chi connectivity index (χ2n) is 18.8. The van der Waals surface area contributed by atoms with Crippen LogP contribution in [0.1, 0.15) is 265 Å². The molecular weight excluding hydrogens is 853 g/mol. The molecule has 1 atom stereocenters. The summed E-state index contributed by atoms with van der Waals surface area (Å²) in [5, 5.41) is 0. The molecule has 0 aromatic rings. The zero-order chi connectivity index (χ0) is 50.0. The standard InChI is InChI=1S/C63H106O6/c1-4-7-10-13-16-19-22-25-28-30-31-33-35-38-41-44-47-50-53-56-62(65)68-59-60(58-67-61(64)55-52-49-46-43-40-37-34-27-24-21-18-15-12-9-6-3)69-63(66)57-54-51-48-45-42-39-36-32-29-26-23-20-17-14-11-8-5-2/h7,10,16-17,19-21,24-26,28-29,31,33,38,41,60H,4-6,8-9,11-15,18,22-23,27,30,32,34-37,39-40,42-59H2,1-3H3/b10-7-,19-16-,20-17-,24-21-,28-25-,29-26-,33-31-,41-38-. The first kappa shape index (κ1) is 65.3. The maximum atomic E-state index is 12.9. The van der Waals surface area contributed by atoms with E-state index in [0.29, 0.717) is 19.3 Å². The Morgan fingerprint density at radius 2 is 0.565 bits per heavy atom. The van der Waals surface area contributed by atoms with Gasteiger partial charge in [-0.15, -0.1) is 0 Å². The van der Waals surface area contributed by atoms with Crippen molar-refractivity contribution < 1.29 is 28.6 Å². The van der Waals surface area contributed by atoms with Crippen LogP contribution in [-0.2, 0) is 28.6 Å². The molecule has 0 rings (SSSR count). The molecule has 0 radical (unpaired) electrons. The highest BCUT2D eigenvalue weighted by molar-refractivity contribution is 5.71. The molecule has 6 heteroatoms. The van der Waals surface area contributed by atoms with Crippen LogP contribution in [0.25, 0.3) is 0 Å². The first-order chi connectivity index (χ1) is 34.0. The Morgan fingerprint density at radius 3 is 0.942 bits per heavy atom. The van der Waals surface area contributed by atoms with Gasteiger partial charge in [-0.3, -0.25) is 14.4 Å². The summed E-state index contributed by atoms with van der Waals surface area (Å²) < 4.78 is 16.8. The van der Waals surface area contributed by atoms with Crippen molar-refractivity contribution in [2.24, 2.45) is 0 Å². The molecule has 0 heterocycles. The molecule has 0 aromatic heterocycles. The molecule has 0 aliphatic rings. The van der Waals surface area contributed by atoms with Crippen molar-refractivity contribution in [3.8, 4) is 0 Å². The summed E-state index contributed by atoms with van der Waals surface area (Å²) >= 11 is 0. The zero-order valence-electron chi connectivity index (χ0n) is 45.0. The topological polar surface area (TPSA) is 78.9 Å². The number of hydrogen-bond donors (Lipinski definition) is 0. The van der Waals surface area contributed by atoms with Crippen LogP contribution in [0.3, 0.4) is 0 Å². The Balaban J connectivity index is 4.47. The van der Waals surface area contributed by atoms with Crippen molar-refractivity contribution in [2.75, 3.05) is 13.2 Å². The number of hydrogen-bond acceptors (Lipinski definition) is 6. The van der Waals surface area contributed by atoms with Gasteiger partial charge >= 0.3 is 17.9 Å². The third kappa shape index (κ3) is 55.1. The van der Waals surface area contributed by atoms with E-state index < -0.39 is 6.10 Å². The van der Waals surface area contributed by atoms with Gasteiger partial charge in [-0.1, -0.05) is 221 Å². The summed E-state index contributed by atoms with van der Waals surface area (Å²) in [4.78, 5) is 38.2. The van der Waals surface area contributed by atoms with Crippen molar-refractivity contribution in [3.63, 3.8) is 0 Å². The Kier molecular flexibility index (Phi) is 53.9. The number of rotatable bonds is 51. The SMILES string of the molecule is CC/C=C\C/C=C\C/C=C\C/C=C\C/C=C\CCCCCC(=O)OCC(COC(=O)CCCCCCCCC/C=C\CCCCCC)OC(=O)CCCCCCCCC/C=C\C/C=C\CCCCC. The Hall–Kier alpha value is -3.67. The fourth-order valence-corrected chi connectivity index (χ4v) is 7.73. The van der Waals surface area contributed by atoms with Crippen LogP contribution in [0.15, 0.2) is 97.2 Å². The van der Waals surface area contributed by atoms with Crippen LogP contribution in [0, 0.1) is 0 Å². The Bertz CT molecular complexity index is 1380. The summed E-state index contributed by atoms with van der Waals surface area (Å²) in [6.45, 7) is 6.46. The predicted octanol–water partition coefficient (Wildman–Crippen LogP) is 19.3. The fourth-order valence-electron chi connectivity index (χ4n) is 7.73. The number of unbranched alkanes of at least 4 members (excludes halogenated alkanes) is 24. The van der Waals surface area contributed by atoms with E-state index in [-0.39, 0.29) is 31.1 Å². The normalized spacial score (nSPS) is 12.8. The second-order valence-corrected chi connectivity index (χ2v) is 18.8. The third-order valence-electron chi connectivity index (χ3n) is 12.0. The number of carbonyl (C=O) groups is 3. The maximum absolute atomic E-state index is 12.9. The molecule has 0 saturated carbocycles. The third-order valence-corrected chi connectivity index (χ3v) is 12.0. The van der Waals surface area contributed by atoms with Gasteiger partial charge in [-0.25, -0.2) is 0 Å². The van der Waals surface area contributed by atoms with Gasteiger partial charge in [0.1, 0.15) is 13.2 Å². The molecule has 0 aliphatic carbocycles. The first-order valence-corrected chi connectivity index (χ1v) is 28.7. The number of ether oxygens (including phenoxy) is 3. The number of carbonyl (C=O) groups excluding carboxylic acids is 3. The van der Waals surface area contributed by atoms with Crippen LogP contribution in [0.5, 0.6) is 0 Å². The lowest BCUT2D eigenvalue weighted by Crippen LogP contribution is -2.30. The highest BCUT2D eigenvalue weighted by Crippen LogP contribution is 2.14. The van der Waals surface area contributed by atoms with Gasteiger partial charge in [0, 0.05) is 19.3 Å². The average Bonchev–Trinajstić information content (AvgIpc) is 3.35. The Morgan fingerprint density at radius 1 is 0.304 bits per heavy atom. The highest BCUT2D eigenvalue weighted by atomic mass is 16.6. The lowest BCUT2D eigenvalue weighted by Gasteiger charge is -2.18. The van der Waals surface area contributed by atoms with E-state index in [1.54, 1.807) is 0 Å². The fraction of sp³-hybridized carbons (Fsp3) is 0.698. The molecule has 0 spiro atoms. The van der Waals surface area contributed by atoms with E-state index in [9.17, 15) is 14.4 Å². The molecule has 0 fully saturated rings. The van der Waals surface area contributed by atoms with Crippen LogP contribution in [-0.4, -0.2) is 37.2 Å². The number of esters is 3. The summed E-state index contributed by atoms with van der Waals surface area (Å²) in [5.41, 5.74) is 0. The van der Waals surface area contributed by atoms with Crippen molar-refractivity contribution >= 4 is 17.9 Å². The van der Waals surface area contributed by atoms with Gasteiger partial charge < -0.3 is 14.2 Å². The lowest BCUT2D eigenvalue weighted by atomic mass is 10.1. The smallest absolute Gasteiger partial charge is 0.306 e. The Labute approximate surface area is 426 Å². The van der Waals surface area contributed by atoms with Crippen LogP contribution in [0.4, 0.5) is 0 Å². The highest BCUT2D eigenvalue weighted by Gasteiger charge is 2.19. The van der Waals surface area contributed by atoms with Gasteiger partial charge in [0.2, 0.25) is 0 Å². The van der Waals surface area contributed by atoms with E-state index in [1.165, 1.54) is 116 Å². The van der Waals surface area contributed by atoms with Crippen LogP contribution in [0.2, 0.25) is 0 Å². The van der Waals surface area contributed by atoms with E-state index >= 15 is 0 Å². The molecular formula is C63H106O6. The van der Waals surface area contributed by atoms with E-state index in [2.05, 4.69) is 118 Å². The quantitative estimate of drug-likeness (QED) is 0.0262. The van der Waals surface area contributed by atoms with E-state index in [4.69, 9.17) is 14.2 Å². The number of allylic oxidation sites excluding steroid dienone is 16. The van der Waals surface area contributed by atoms with Crippen molar-refractivity contribution in [1.82, 2.24) is 0 Å². The van der Waals surface area contributed by atoms with Gasteiger partial charge in [0.05, 0.1) is 0 Å². The minimum absolute atomic E-state index is 0.0940. The van der Waals surface area contributed by atoms with Crippen molar-refractivity contribution in [1.29, 1.82) is 0 Å². The summed E-state index contributed by atoms with van der Waals surface area (Å²) in [7, 11) is 0.